The number of furan rings is 1. The monoisotopic (exact) mass is 310 g/mol. The second kappa shape index (κ2) is 6.98. The minimum absolute atomic E-state index is 0.261. The Hall–Kier alpha value is -2.79. The molecule has 0 bridgehead atoms. The van der Waals surface area contributed by atoms with E-state index in [2.05, 4.69) is 10.8 Å². The Balaban J connectivity index is 1.51. The van der Waals surface area contributed by atoms with Gasteiger partial charge in [0.1, 0.15) is 11.3 Å². The zero-order valence-corrected chi connectivity index (χ0v) is 12.8. The van der Waals surface area contributed by atoms with Crippen LogP contribution in [-0.4, -0.2) is 6.03 Å². The van der Waals surface area contributed by atoms with E-state index < -0.39 is 6.03 Å². The summed E-state index contributed by atoms with van der Waals surface area (Å²) in [6, 6.07) is 18.6. The first-order valence-electron chi connectivity index (χ1n) is 7.43. The predicted molar refractivity (Wildman–Crippen MR) is 87.5 cm³/mol. The minimum Gasteiger partial charge on any atom is -0.459 e. The first kappa shape index (κ1) is 15.1. The molecule has 0 aliphatic rings. The zero-order chi connectivity index (χ0) is 16.1. The standard InChI is InChI=1S/C18H18N2O3/c1-13(17-11-15-9-5-6-10-16(15)23-17)19-18(21)20-22-12-14-7-3-2-4-8-14/h2-11,13H,12H2,1H3,(H2,19,20,21). The van der Waals surface area contributed by atoms with Crippen LogP contribution in [-0.2, 0) is 11.4 Å². The second-order valence-corrected chi connectivity index (χ2v) is 5.26. The number of para-hydroxylation sites is 1. The van der Waals surface area contributed by atoms with E-state index in [-0.39, 0.29) is 6.04 Å². The average Bonchev–Trinajstić information content (AvgIpc) is 3.00. The van der Waals surface area contributed by atoms with E-state index in [4.69, 9.17) is 9.25 Å². The van der Waals surface area contributed by atoms with Gasteiger partial charge in [0, 0.05) is 5.39 Å². The first-order chi connectivity index (χ1) is 11.2. The quantitative estimate of drug-likeness (QED) is 0.702. The number of carbonyl (C=O) groups excluding carboxylic acids is 1. The second-order valence-electron chi connectivity index (χ2n) is 5.26. The Morgan fingerprint density at radius 2 is 1.87 bits per heavy atom. The van der Waals surface area contributed by atoms with E-state index in [1.165, 1.54) is 0 Å². The van der Waals surface area contributed by atoms with Crippen molar-refractivity contribution in [3.8, 4) is 0 Å². The van der Waals surface area contributed by atoms with E-state index in [9.17, 15) is 4.79 Å². The van der Waals surface area contributed by atoms with Gasteiger partial charge in [0.2, 0.25) is 0 Å². The van der Waals surface area contributed by atoms with Gasteiger partial charge in [0.05, 0.1) is 12.6 Å². The summed E-state index contributed by atoms with van der Waals surface area (Å²) in [6.07, 6.45) is 0. The summed E-state index contributed by atoms with van der Waals surface area (Å²) in [4.78, 5) is 17.0. The molecule has 118 valence electrons. The maximum absolute atomic E-state index is 11.8. The van der Waals surface area contributed by atoms with Crippen LogP contribution < -0.4 is 10.8 Å². The number of rotatable bonds is 5. The van der Waals surface area contributed by atoms with Crippen molar-refractivity contribution in [2.75, 3.05) is 0 Å². The fourth-order valence-corrected chi connectivity index (χ4v) is 2.27. The van der Waals surface area contributed by atoms with Crippen molar-refractivity contribution in [2.45, 2.75) is 19.6 Å². The maximum Gasteiger partial charge on any atom is 0.339 e. The maximum atomic E-state index is 11.8. The van der Waals surface area contributed by atoms with Crippen LogP contribution in [0.2, 0.25) is 0 Å². The number of benzene rings is 2. The number of carbonyl (C=O) groups is 1. The lowest BCUT2D eigenvalue weighted by molar-refractivity contribution is 0.0481. The Labute approximate surface area is 134 Å². The first-order valence-corrected chi connectivity index (χ1v) is 7.43. The number of hydrogen-bond donors (Lipinski definition) is 2. The molecule has 5 heteroatoms. The van der Waals surface area contributed by atoms with Crippen molar-refractivity contribution >= 4 is 17.0 Å². The molecule has 2 N–H and O–H groups in total. The Morgan fingerprint density at radius 1 is 1.13 bits per heavy atom. The van der Waals surface area contributed by atoms with Gasteiger partial charge in [-0.2, -0.15) is 0 Å². The Morgan fingerprint density at radius 3 is 2.65 bits per heavy atom. The number of amides is 2. The molecule has 1 aromatic heterocycles. The molecule has 2 amide bonds. The van der Waals surface area contributed by atoms with Crippen LogP contribution in [0.5, 0.6) is 0 Å². The highest BCUT2D eigenvalue weighted by atomic mass is 16.7. The van der Waals surface area contributed by atoms with Crippen LogP contribution in [0.3, 0.4) is 0 Å². The van der Waals surface area contributed by atoms with E-state index in [0.717, 1.165) is 16.5 Å². The fourth-order valence-electron chi connectivity index (χ4n) is 2.27. The molecule has 1 atom stereocenters. The smallest absolute Gasteiger partial charge is 0.339 e. The third-order valence-electron chi connectivity index (χ3n) is 3.47. The highest BCUT2D eigenvalue weighted by Gasteiger charge is 2.14. The molecule has 0 saturated carbocycles. The molecule has 1 heterocycles. The van der Waals surface area contributed by atoms with Gasteiger partial charge < -0.3 is 9.73 Å². The minimum atomic E-state index is -0.408. The summed E-state index contributed by atoms with van der Waals surface area (Å²) in [5.41, 5.74) is 4.16. The molecule has 0 saturated heterocycles. The third-order valence-corrected chi connectivity index (χ3v) is 3.47. The molecule has 0 aliphatic heterocycles. The summed E-state index contributed by atoms with van der Waals surface area (Å²) in [7, 11) is 0. The molecule has 5 nitrogen and oxygen atoms in total. The highest BCUT2D eigenvalue weighted by Crippen LogP contribution is 2.23. The van der Waals surface area contributed by atoms with Crippen LogP contribution in [0.1, 0.15) is 24.3 Å². The highest BCUT2D eigenvalue weighted by molar-refractivity contribution is 5.78. The number of hydroxylamine groups is 1. The fraction of sp³-hybridized carbons (Fsp3) is 0.167. The van der Waals surface area contributed by atoms with Gasteiger partial charge in [-0.15, -0.1) is 0 Å². The molecule has 23 heavy (non-hydrogen) atoms. The van der Waals surface area contributed by atoms with Crippen LogP contribution in [0.4, 0.5) is 4.79 Å². The normalized spacial score (nSPS) is 12.0. The summed E-state index contributed by atoms with van der Waals surface area (Å²) in [6.45, 7) is 2.17. The number of fused-ring (bicyclic) bond motifs is 1. The van der Waals surface area contributed by atoms with Gasteiger partial charge in [0.15, 0.2) is 0 Å². The van der Waals surface area contributed by atoms with Crippen molar-refractivity contribution in [1.82, 2.24) is 10.8 Å². The van der Waals surface area contributed by atoms with Crippen LogP contribution in [0, 0.1) is 0 Å². The van der Waals surface area contributed by atoms with Gasteiger partial charge in [-0.05, 0) is 24.6 Å². The summed E-state index contributed by atoms with van der Waals surface area (Å²) < 4.78 is 5.72. The lowest BCUT2D eigenvalue weighted by Crippen LogP contribution is -2.36. The van der Waals surface area contributed by atoms with Crippen molar-refractivity contribution < 1.29 is 14.0 Å². The lowest BCUT2D eigenvalue weighted by atomic mass is 10.2. The van der Waals surface area contributed by atoms with Crippen LogP contribution in [0.15, 0.2) is 65.1 Å². The van der Waals surface area contributed by atoms with E-state index in [1.54, 1.807) is 0 Å². The average molecular weight is 310 g/mol. The molecule has 0 fully saturated rings. The molecule has 3 aromatic rings. The molecule has 2 aromatic carbocycles. The van der Waals surface area contributed by atoms with Crippen LogP contribution in [0.25, 0.3) is 11.0 Å². The third kappa shape index (κ3) is 3.90. The molecule has 0 spiro atoms. The molecular weight excluding hydrogens is 292 g/mol. The summed E-state index contributed by atoms with van der Waals surface area (Å²) in [5.74, 6) is 0.699. The topological polar surface area (TPSA) is 63.5 Å². The van der Waals surface area contributed by atoms with Gasteiger partial charge in [0.25, 0.3) is 0 Å². The number of hydrogen-bond acceptors (Lipinski definition) is 3. The summed E-state index contributed by atoms with van der Waals surface area (Å²) >= 11 is 0. The van der Waals surface area contributed by atoms with Gasteiger partial charge in [-0.1, -0.05) is 48.5 Å². The molecule has 0 radical (unpaired) electrons. The molecule has 0 aliphatic carbocycles. The Bertz CT molecular complexity index is 750. The largest absolute Gasteiger partial charge is 0.459 e. The van der Waals surface area contributed by atoms with Crippen molar-refractivity contribution in [1.29, 1.82) is 0 Å². The van der Waals surface area contributed by atoms with Crippen molar-refractivity contribution in [3.05, 3.63) is 72.0 Å². The number of nitrogens with one attached hydrogen (secondary N) is 2. The molecule has 3 rings (SSSR count). The van der Waals surface area contributed by atoms with E-state index >= 15 is 0 Å². The van der Waals surface area contributed by atoms with E-state index in [1.807, 2.05) is 67.6 Å². The summed E-state index contributed by atoms with van der Waals surface area (Å²) in [5, 5.41) is 3.79. The van der Waals surface area contributed by atoms with Gasteiger partial charge in [-0.25, -0.2) is 10.3 Å². The predicted octanol–water partition coefficient (Wildman–Crippen LogP) is 3.92. The SMILES string of the molecule is CC(NC(=O)NOCc1ccccc1)c1cc2ccccc2o1. The van der Waals surface area contributed by atoms with Crippen molar-refractivity contribution in [2.24, 2.45) is 0 Å². The molecular formula is C18H18N2O3. The molecule has 1 unspecified atom stereocenters. The number of urea groups is 1. The van der Waals surface area contributed by atoms with Gasteiger partial charge >= 0.3 is 6.03 Å². The van der Waals surface area contributed by atoms with Crippen molar-refractivity contribution in [3.63, 3.8) is 0 Å². The van der Waals surface area contributed by atoms with E-state index in [0.29, 0.717) is 12.4 Å². The lowest BCUT2D eigenvalue weighted by Gasteiger charge is -2.12. The van der Waals surface area contributed by atoms with Crippen LogP contribution >= 0.6 is 0 Å². The Kier molecular flexibility index (Phi) is 4.59. The zero-order valence-electron chi connectivity index (χ0n) is 12.8. The van der Waals surface area contributed by atoms with Gasteiger partial charge in [-0.3, -0.25) is 4.84 Å².